The number of aryl methyl sites for hydroxylation is 2. The van der Waals surface area contributed by atoms with Gasteiger partial charge >= 0.3 is 0 Å². The van der Waals surface area contributed by atoms with E-state index in [9.17, 15) is 9.90 Å². The van der Waals surface area contributed by atoms with Gasteiger partial charge in [0.2, 0.25) is 5.91 Å². The molecule has 0 aliphatic carbocycles. The maximum Gasteiger partial charge on any atom is 0.223 e. The maximum absolute atomic E-state index is 12.5. The fourth-order valence-corrected chi connectivity index (χ4v) is 3.86. The standard InChI is InChI=1S/C21H24N4O2/c1-14-22-20(24-23-14)8-9-21(27)25-11-10-18(19(26)13-25)17-7-6-15-4-2-3-5-16(15)12-17/h2-7,12,18-19,26H,8-11,13H2,1H3,(H,22,23,24)/t18-,19+/m0/s1. The quantitative estimate of drug-likeness (QED) is 0.745. The number of nitrogens with zero attached hydrogens (tertiary/aromatic N) is 3. The highest BCUT2D eigenvalue weighted by atomic mass is 16.3. The number of fused-ring (bicyclic) bond motifs is 1. The van der Waals surface area contributed by atoms with Gasteiger partial charge in [0.1, 0.15) is 5.82 Å². The predicted molar refractivity (Wildman–Crippen MR) is 103 cm³/mol. The van der Waals surface area contributed by atoms with Crippen molar-refractivity contribution < 1.29 is 9.90 Å². The number of likely N-dealkylation sites (tertiary alicyclic amines) is 1. The van der Waals surface area contributed by atoms with Crippen LogP contribution in [0.1, 0.15) is 36.0 Å². The van der Waals surface area contributed by atoms with Crippen LogP contribution in [0, 0.1) is 6.92 Å². The number of carbonyl (C=O) groups excluding carboxylic acids is 1. The van der Waals surface area contributed by atoms with Crippen LogP contribution < -0.4 is 0 Å². The Bertz CT molecular complexity index is 952. The van der Waals surface area contributed by atoms with E-state index in [0.717, 1.165) is 17.8 Å². The van der Waals surface area contributed by atoms with Crippen molar-refractivity contribution in [2.75, 3.05) is 13.1 Å². The van der Waals surface area contributed by atoms with Crippen molar-refractivity contribution >= 4 is 16.7 Å². The van der Waals surface area contributed by atoms with Gasteiger partial charge in [0.15, 0.2) is 5.82 Å². The molecule has 1 saturated heterocycles. The number of aromatic nitrogens is 3. The number of rotatable bonds is 4. The topological polar surface area (TPSA) is 82.1 Å². The predicted octanol–water partition coefficient (Wildman–Crippen LogP) is 2.58. The first-order chi connectivity index (χ1) is 13.1. The molecular weight excluding hydrogens is 340 g/mol. The second-order valence-electron chi connectivity index (χ2n) is 7.25. The summed E-state index contributed by atoms with van der Waals surface area (Å²) in [4.78, 5) is 18.5. The number of β-amino-alcohol motifs (C(OH)–C–C–N with tert-alkyl or cyclic N) is 1. The Morgan fingerprint density at radius 1 is 1.26 bits per heavy atom. The largest absolute Gasteiger partial charge is 0.391 e. The molecule has 0 radical (unpaired) electrons. The summed E-state index contributed by atoms with van der Waals surface area (Å²) in [5.74, 6) is 1.53. The number of nitrogens with one attached hydrogen (secondary N) is 1. The number of aliphatic hydroxyl groups excluding tert-OH is 1. The van der Waals surface area contributed by atoms with Crippen LogP contribution in [0.5, 0.6) is 0 Å². The van der Waals surface area contributed by atoms with E-state index >= 15 is 0 Å². The molecule has 1 aliphatic heterocycles. The SMILES string of the molecule is Cc1nc(CCC(=O)N2CC[C@@H](c3ccc4ccccc4c3)[C@H](O)C2)n[nH]1. The van der Waals surface area contributed by atoms with Gasteiger partial charge < -0.3 is 10.0 Å². The van der Waals surface area contributed by atoms with Gasteiger partial charge in [0.25, 0.3) is 0 Å². The molecule has 0 spiro atoms. The van der Waals surface area contributed by atoms with Crippen molar-refractivity contribution in [1.82, 2.24) is 20.1 Å². The van der Waals surface area contributed by atoms with Crippen molar-refractivity contribution in [3.63, 3.8) is 0 Å². The summed E-state index contributed by atoms with van der Waals surface area (Å²) in [6, 6.07) is 14.6. The molecule has 1 aromatic heterocycles. The van der Waals surface area contributed by atoms with E-state index in [1.807, 2.05) is 19.1 Å². The highest BCUT2D eigenvalue weighted by Gasteiger charge is 2.31. The lowest BCUT2D eigenvalue weighted by Gasteiger charge is -2.36. The van der Waals surface area contributed by atoms with Gasteiger partial charge in [-0.1, -0.05) is 42.5 Å². The first kappa shape index (κ1) is 17.7. The van der Waals surface area contributed by atoms with E-state index < -0.39 is 6.10 Å². The summed E-state index contributed by atoms with van der Waals surface area (Å²) in [7, 11) is 0. The molecule has 140 valence electrons. The maximum atomic E-state index is 12.5. The highest BCUT2D eigenvalue weighted by Crippen LogP contribution is 2.30. The first-order valence-corrected chi connectivity index (χ1v) is 9.42. The van der Waals surface area contributed by atoms with E-state index in [2.05, 4.69) is 45.5 Å². The average Bonchev–Trinajstić information content (AvgIpc) is 3.11. The monoisotopic (exact) mass is 364 g/mol. The number of H-pyrrole nitrogens is 1. The number of hydrogen-bond donors (Lipinski definition) is 2. The lowest BCUT2D eigenvalue weighted by atomic mass is 9.86. The number of carbonyl (C=O) groups is 1. The van der Waals surface area contributed by atoms with Crippen LogP contribution in [0.15, 0.2) is 42.5 Å². The zero-order valence-corrected chi connectivity index (χ0v) is 15.4. The van der Waals surface area contributed by atoms with Gasteiger partial charge in [0.05, 0.1) is 6.10 Å². The minimum absolute atomic E-state index is 0.0495. The molecule has 0 unspecified atom stereocenters. The molecule has 6 heteroatoms. The third-order valence-electron chi connectivity index (χ3n) is 5.34. The first-order valence-electron chi connectivity index (χ1n) is 9.42. The Balaban J connectivity index is 1.38. The lowest BCUT2D eigenvalue weighted by Crippen LogP contribution is -2.45. The zero-order valence-electron chi connectivity index (χ0n) is 15.4. The molecule has 0 saturated carbocycles. The molecule has 4 rings (SSSR count). The Hall–Kier alpha value is -2.73. The third-order valence-corrected chi connectivity index (χ3v) is 5.34. The molecule has 2 atom stereocenters. The molecule has 6 nitrogen and oxygen atoms in total. The van der Waals surface area contributed by atoms with Gasteiger partial charge in [-0.05, 0) is 29.7 Å². The Morgan fingerprint density at radius 2 is 2.07 bits per heavy atom. The average molecular weight is 364 g/mol. The summed E-state index contributed by atoms with van der Waals surface area (Å²) in [5, 5.41) is 19.9. The molecule has 1 amide bonds. The van der Waals surface area contributed by atoms with Crippen LogP contribution in [0.25, 0.3) is 10.8 Å². The van der Waals surface area contributed by atoms with Gasteiger partial charge in [-0.25, -0.2) is 4.98 Å². The Morgan fingerprint density at radius 3 is 2.81 bits per heavy atom. The normalized spacial score (nSPS) is 20.1. The van der Waals surface area contributed by atoms with Gasteiger partial charge in [-0.15, -0.1) is 0 Å². The highest BCUT2D eigenvalue weighted by molar-refractivity contribution is 5.83. The van der Waals surface area contributed by atoms with Crippen LogP contribution in [-0.4, -0.2) is 50.3 Å². The molecule has 2 N–H and O–H groups in total. The van der Waals surface area contributed by atoms with Crippen molar-refractivity contribution in [3.05, 3.63) is 59.7 Å². The molecule has 1 fully saturated rings. The molecule has 27 heavy (non-hydrogen) atoms. The fourth-order valence-electron chi connectivity index (χ4n) is 3.86. The molecule has 2 heterocycles. The second kappa shape index (κ2) is 7.48. The van der Waals surface area contributed by atoms with Crippen LogP contribution in [0.3, 0.4) is 0 Å². The number of amides is 1. The lowest BCUT2D eigenvalue weighted by molar-refractivity contribution is -0.134. The summed E-state index contributed by atoms with van der Waals surface area (Å²) < 4.78 is 0. The van der Waals surface area contributed by atoms with Gasteiger partial charge in [-0.3, -0.25) is 9.89 Å². The summed E-state index contributed by atoms with van der Waals surface area (Å²) in [6.45, 7) is 2.88. The number of piperidine rings is 1. The summed E-state index contributed by atoms with van der Waals surface area (Å²) in [6.07, 6.45) is 1.11. The van der Waals surface area contributed by atoms with E-state index in [-0.39, 0.29) is 11.8 Å². The minimum Gasteiger partial charge on any atom is -0.391 e. The van der Waals surface area contributed by atoms with Gasteiger partial charge in [0, 0.05) is 31.8 Å². The van der Waals surface area contributed by atoms with E-state index in [1.54, 1.807) is 4.90 Å². The molecule has 0 bridgehead atoms. The van der Waals surface area contributed by atoms with Crippen molar-refractivity contribution in [1.29, 1.82) is 0 Å². The van der Waals surface area contributed by atoms with Crippen molar-refractivity contribution in [2.24, 2.45) is 0 Å². The van der Waals surface area contributed by atoms with Crippen molar-refractivity contribution in [2.45, 2.75) is 38.2 Å². The van der Waals surface area contributed by atoms with Crippen LogP contribution in [0.4, 0.5) is 0 Å². The van der Waals surface area contributed by atoms with E-state index in [1.165, 1.54) is 10.8 Å². The number of aliphatic hydroxyl groups is 1. The van der Waals surface area contributed by atoms with Crippen LogP contribution >= 0.6 is 0 Å². The van der Waals surface area contributed by atoms with Crippen LogP contribution in [-0.2, 0) is 11.2 Å². The number of hydrogen-bond acceptors (Lipinski definition) is 4. The number of benzene rings is 2. The van der Waals surface area contributed by atoms with Gasteiger partial charge in [-0.2, -0.15) is 5.10 Å². The Labute approximate surface area is 158 Å². The Kier molecular flexibility index (Phi) is 4.90. The smallest absolute Gasteiger partial charge is 0.223 e. The van der Waals surface area contributed by atoms with Crippen molar-refractivity contribution in [3.8, 4) is 0 Å². The molecule has 3 aromatic rings. The minimum atomic E-state index is -0.547. The molecule has 1 aliphatic rings. The van der Waals surface area contributed by atoms with E-state index in [4.69, 9.17) is 0 Å². The summed E-state index contributed by atoms with van der Waals surface area (Å²) >= 11 is 0. The molecule has 2 aromatic carbocycles. The fraction of sp³-hybridized carbons (Fsp3) is 0.381. The number of aromatic amines is 1. The van der Waals surface area contributed by atoms with E-state index in [0.29, 0.717) is 31.8 Å². The second-order valence-corrected chi connectivity index (χ2v) is 7.25. The van der Waals surface area contributed by atoms with Crippen LogP contribution in [0.2, 0.25) is 0 Å². The summed E-state index contributed by atoms with van der Waals surface area (Å²) in [5.41, 5.74) is 1.14. The third kappa shape index (κ3) is 3.85. The molecular formula is C21H24N4O2. The zero-order chi connectivity index (χ0) is 18.8.